The van der Waals surface area contributed by atoms with Crippen molar-refractivity contribution in [2.75, 3.05) is 6.61 Å². The van der Waals surface area contributed by atoms with Crippen LogP contribution in [0.2, 0.25) is 0 Å². The highest BCUT2D eigenvalue weighted by molar-refractivity contribution is 5.89. The number of benzene rings is 1. The molecule has 0 aliphatic carbocycles. The summed E-state index contributed by atoms with van der Waals surface area (Å²) >= 11 is 0. The van der Waals surface area contributed by atoms with Crippen molar-refractivity contribution >= 4 is 18.0 Å². The number of carbonyl (C=O) groups excluding carboxylic acids is 3. The summed E-state index contributed by atoms with van der Waals surface area (Å²) in [6, 6.07) is 13.1. The third kappa shape index (κ3) is 11.0. The molecule has 0 spiro atoms. The average Bonchev–Trinajstić information content (AvgIpc) is 2.78. The van der Waals surface area contributed by atoms with Crippen LogP contribution < -0.4 is 10.6 Å². The Morgan fingerprint density at radius 2 is 1.63 bits per heavy atom. The number of aromatic nitrogens is 1. The molecule has 35 heavy (non-hydrogen) atoms. The molecule has 8 heteroatoms. The SMILES string of the molecule is CC(C)CC(NC(=O)OCCc1ccccn1)C(=O)NC(Cc1ccccc1)C(=O)OC(C)(C)C. The third-order valence-electron chi connectivity index (χ3n) is 4.92. The number of rotatable bonds is 11. The second-order valence-corrected chi connectivity index (χ2v) is 9.82. The van der Waals surface area contributed by atoms with E-state index < -0.39 is 35.7 Å². The molecule has 1 heterocycles. The van der Waals surface area contributed by atoms with Crippen LogP contribution in [0.5, 0.6) is 0 Å². The largest absolute Gasteiger partial charge is 0.458 e. The highest BCUT2D eigenvalue weighted by Crippen LogP contribution is 2.13. The van der Waals surface area contributed by atoms with Crippen LogP contribution in [0.3, 0.4) is 0 Å². The number of alkyl carbamates (subject to hydrolysis) is 1. The molecule has 0 aliphatic heterocycles. The summed E-state index contributed by atoms with van der Waals surface area (Å²) in [5.41, 5.74) is 0.980. The predicted molar refractivity (Wildman–Crippen MR) is 134 cm³/mol. The highest BCUT2D eigenvalue weighted by atomic mass is 16.6. The maximum absolute atomic E-state index is 13.2. The van der Waals surface area contributed by atoms with Crippen molar-refractivity contribution in [3.05, 3.63) is 66.0 Å². The first-order valence-corrected chi connectivity index (χ1v) is 11.9. The Labute approximate surface area is 207 Å². The molecule has 2 atom stereocenters. The number of hydrogen-bond acceptors (Lipinski definition) is 6. The van der Waals surface area contributed by atoms with E-state index in [0.717, 1.165) is 11.3 Å². The molecule has 2 N–H and O–H groups in total. The Bertz CT molecular complexity index is 942. The van der Waals surface area contributed by atoms with E-state index in [1.54, 1.807) is 27.0 Å². The molecule has 1 aromatic carbocycles. The monoisotopic (exact) mass is 483 g/mol. The molecule has 0 aliphatic rings. The second-order valence-electron chi connectivity index (χ2n) is 9.82. The Hall–Kier alpha value is -3.42. The summed E-state index contributed by atoms with van der Waals surface area (Å²) in [6.07, 6.45) is 2.10. The molecular formula is C27H37N3O5. The molecule has 190 valence electrons. The van der Waals surface area contributed by atoms with E-state index in [1.807, 2.05) is 62.4 Å². The molecule has 0 bridgehead atoms. The molecule has 0 fully saturated rings. The van der Waals surface area contributed by atoms with E-state index in [-0.39, 0.29) is 18.9 Å². The van der Waals surface area contributed by atoms with Gasteiger partial charge in [-0.1, -0.05) is 50.2 Å². The first-order valence-electron chi connectivity index (χ1n) is 11.9. The normalized spacial score (nSPS) is 13.0. The van der Waals surface area contributed by atoms with E-state index in [4.69, 9.17) is 9.47 Å². The van der Waals surface area contributed by atoms with Crippen molar-refractivity contribution in [1.29, 1.82) is 0 Å². The van der Waals surface area contributed by atoms with Gasteiger partial charge in [0, 0.05) is 24.7 Å². The fourth-order valence-corrected chi connectivity index (χ4v) is 3.37. The summed E-state index contributed by atoms with van der Waals surface area (Å²) in [6.45, 7) is 9.35. The second kappa shape index (κ2) is 13.5. The van der Waals surface area contributed by atoms with Gasteiger partial charge in [-0.15, -0.1) is 0 Å². The van der Waals surface area contributed by atoms with Gasteiger partial charge >= 0.3 is 12.1 Å². The summed E-state index contributed by atoms with van der Waals surface area (Å²) in [4.78, 5) is 42.7. The van der Waals surface area contributed by atoms with Gasteiger partial charge in [-0.25, -0.2) is 9.59 Å². The Balaban J connectivity index is 2.04. The number of ether oxygens (including phenoxy) is 2. The van der Waals surface area contributed by atoms with Crippen LogP contribution in [0.4, 0.5) is 4.79 Å². The van der Waals surface area contributed by atoms with Crippen molar-refractivity contribution in [3.8, 4) is 0 Å². The Kier molecular flexibility index (Phi) is 10.7. The lowest BCUT2D eigenvalue weighted by Gasteiger charge is -2.27. The lowest BCUT2D eigenvalue weighted by Crippen LogP contribution is -2.53. The van der Waals surface area contributed by atoms with Crippen molar-refractivity contribution in [1.82, 2.24) is 15.6 Å². The first kappa shape index (κ1) is 27.8. The number of hydrogen-bond donors (Lipinski definition) is 2. The van der Waals surface area contributed by atoms with Crippen LogP contribution in [-0.2, 0) is 31.9 Å². The smallest absolute Gasteiger partial charge is 0.407 e. The summed E-state index contributed by atoms with van der Waals surface area (Å²) < 4.78 is 10.8. The van der Waals surface area contributed by atoms with Crippen molar-refractivity contribution in [3.63, 3.8) is 0 Å². The molecule has 0 radical (unpaired) electrons. The minimum Gasteiger partial charge on any atom is -0.458 e. The van der Waals surface area contributed by atoms with Crippen LogP contribution in [-0.4, -0.2) is 47.2 Å². The molecule has 1 aromatic heterocycles. The lowest BCUT2D eigenvalue weighted by molar-refractivity contribution is -0.158. The molecule has 0 saturated carbocycles. The summed E-state index contributed by atoms with van der Waals surface area (Å²) in [5.74, 6) is -0.878. The molecule has 2 amide bonds. The molecule has 8 nitrogen and oxygen atoms in total. The number of nitrogens with one attached hydrogen (secondary N) is 2. The Morgan fingerprint density at radius 3 is 2.23 bits per heavy atom. The zero-order valence-electron chi connectivity index (χ0n) is 21.2. The van der Waals surface area contributed by atoms with Gasteiger partial charge < -0.3 is 20.1 Å². The fraction of sp³-hybridized carbons (Fsp3) is 0.481. The van der Waals surface area contributed by atoms with Gasteiger partial charge in [-0.3, -0.25) is 9.78 Å². The Morgan fingerprint density at radius 1 is 0.943 bits per heavy atom. The minimum atomic E-state index is -0.902. The number of nitrogens with zero attached hydrogens (tertiary/aromatic N) is 1. The van der Waals surface area contributed by atoms with Gasteiger partial charge in [0.25, 0.3) is 0 Å². The predicted octanol–water partition coefficient (Wildman–Crippen LogP) is 3.83. The average molecular weight is 484 g/mol. The lowest BCUT2D eigenvalue weighted by atomic mass is 10.0. The van der Waals surface area contributed by atoms with E-state index in [9.17, 15) is 14.4 Å². The summed E-state index contributed by atoms with van der Waals surface area (Å²) in [5, 5.41) is 5.43. The van der Waals surface area contributed by atoms with Gasteiger partial charge in [-0.2, -0.15) is 0 Å². The molecule has 0 saturated heterocycles. The number of esters is 1. The van der Waals surface area contributed by atoms with Crippen LogP contribution in [0.25, 0.3) is 0 Å². The molecule has 2 aromatic rings. The maximum atomic E-state index is 13.2. The minimum absolute atomic E-state index is 0.119. The van der Waals surface area contributed by atoms with Gasteiger partial charge in [0.1, 0.15) is 17.7 Å². The number of carbonyl (C=O) groups is 3. The van der Waals surface area contributed by atoms with E-state index >= 15 is 0 Å². The number of amides is 2. The number of pyridine rings is 1. The van der Waals surface area contributed by atoms with Crippen LogP contribution >= 0.6 is 0 Å². The fourth-order valence-electron chi connectivity index (χ4n) is 3.37. The van der Waals surface area contributed by atoms with Crippen LogP contribution in [0.15, 0.2) is 54.7 Å². The topological polar surface area (TPSA) is 107 Å². The van der Waals surface area contributed by atoms with Gasteiger partial charge in [0.15, 0.2) is 0 Å². The van der Waals surface area contributed by atoms with Crippen LogP contribution in [0.1, 0.15) is 52.3 Å². The standard InChI is InChI=1S/C27H37N3O5/c1-19(2)17-22(30-26(33)34-16-14-21-13-9-10-15-28-21)24(31)29-23(25(32)35-27(3,4)5)18-20-11-7-6-8-12-20/h6-13,15,19,22-23H,14,16-18H2,1-5H3,(H,29,31)(H,30,33). The van der Waals surface area contributed by atoms with Crippen LogP contribution in [0, 0.1) is 5.92 Å². The van der Waals surface area contributed by atoms with Gasteiger partial charge in [0.2, 0.25) is 5.91 Å². The quantitative estimate of drug-likeness (QED) is 0.471. The van der Waals surface area contributed by atoms with E-state index in [0.29, 0.717) is 12.8 Å². The van der Waals surface area contributed by atoms with Crippen molar-refractivity contribution in [2.24, 2.45) is 5.92 Å². The van der Waals surface area contributed by atoms with Gasteiger partial charge in [-0.05, 0) is 50.8 Å². The zero-order chi connectivity index (χ0) is 25.8. The zero-order valence-corrected chi connectivity index (χ0v) is 21.2. The first-order chi connectivity index (χ1) is 16.5. The highest BCUT2D eigenvalue weighted by Gasteiger charge is 2.30. The van der Waals surface area contributed by atoms with Gasteiger partial charge in [0.05, 0.1) is 6.61 Å². The molecular weight excluding hydrogens is 446 g/mol. The summed E-state index contributed by atoms with van der Waals surface area (Å²) in [7, 11) is 0. The van der Waals surface area contributed by atoms with E-state index in [1.165, 1.54) is 0 Å². The third-order valence-corrected chi connectivity index (χ3v) is 4.92. The molecule has 2 unspecified atom stereocenters. The maximum Gasteiger partial charge on any atom is 0.407 e. The van der Waals surface area contributed by atoms with Crippen molar-refractivity contribution < 1.29 is 23.9 Å². The molecule has 2 rings (SSSR count). The van der Waals surface area contributed by atoms with E-state index in [2.05, 4.69) is 15.6 Å². The van der Waals surface area contributed by atoms with Crippen molar-refractivity contribution in [2.45, 2.75) is 71.6 Å².